The first kappa shape index (κ1) is 17.1. The van der Waals surface area contributed by atoms with Crippen LogP contribution in [0.2, 0.25) is 0 Å². The Morgan fingerprint density at radius 3 is 2.17 bits per heavy atom. The molecular weight excluding hydrogens is 316 g/mol. The maximum absolute atomic E-state index is 11.0. The molecule has 0 unspecified atom stereocenters. The molecular formula is C17H20O5S. The van der Waals surface area contributed by atoms with Crippen LogP contribution in [-0.2, 0) is 16.5 Å². The second-order valence-electron chi connectivity index (χ2n) is 4.94. The topological polar surface area (TPSA) is 61.8 Å². The van der Waals surface area contributed by atoms with E-state index in [1.165, 1.54) is 0 Å². The van der Waals surface area contributed by atoms with Crippen molar-refractivity contribution in [1.82, 2.24) is 0 Å². The van der Waals surface area contributed by atoms with E-state index >= 15 is 0 Å². The smallest absolute Gasteiger partial charge is 0.306 e. The SMILES string of the molecule is CCOc1cccc(OCCc2ccc(OS(C)(=O)=O)cc2)c1. The van der Waals surface area contributed by atoms with Gasteiger partial charge in [-0.1, -0.05) is 18.2 Å². The summed E-state index contributed by atoms with van der Waals surface area (Å²) in [5, 5.41) is 0. The fourth-order valence-corrected chi connectivity index (χ4v) is 2.45. The number of benzene rings is 2. The first-order valence-electron chi connectivity index (χ1n) is 7.30. The molecule has 0 aliphatic rings. The van der Waals surface area contributed by atoms with Crippen molar-refractivity contribution >= 4 is 10.1 Å². The van der Waals surface area contributed by atoms with Crippen molar-refractivity contribution in [3.05, 3.63) is 54.1 Å². The molecule has 6 heteroatoms. The summed E-state index contributed by atoms with van der Waals surface area (Å²) in [7, 11) is -3.49. The predicted molar refractivity (Wildman–Crippen MR) is 88.7 cm³/mol. The highest BCUT2D eigenvalue weighted by Gasteiger charge is 2.04. The number of ether oxygens (including phenoxy) is 2. The van der Waals surface area contributed by atoms with Crippen molar-refractivity contribution in [2.75, 3.05) is 19.5 Å². The van der Waals surface area contributed by atoms with Gasteiger partial charge in [-0.15, -0.1) is 0 Å². The quantitative estimate of drug-likeness (QED) is 0.693. The average Bonchev–Trinajstić information content (AvgIpc) is 2.48. The highest BCUT2D eigenvalue weighted by atomic mass is 32.2. The van der Waals surface area contributed by atoms with Crippen LogP contribution in [-0.4, -0.2) is 27.9 Å². The first-order chi connectivity index (χ1) is 11.0. The minimum atomic E-state index is -3.49. The Labute approximate surface area is 136 Å². The van der Waals surface area contributed by atoms with Gasteiger partial charge in [-0.05, 0) is 36.8 Å². The third-order valence-electron chi connectivity index (χ3n) is 2.95. The van der Waals surface area contributed by atoms with Gasteiger partial charge in [0.1, 0.15) is 17.2 Å². The molecule has 23 heavy (non-hydrogen) atoms. The van der Waals surface area contributed by atoms with E-state index in [1.807, 2.05) is 43.3 Å². The zero-order chi connectivity index (χ0) is 16.7. The highest BCUT2D eigenvalue weighted by molar-refractivity contribution is 7.86. The zero-order valence-electron chi connectivity index (χ0n) is 13.2. The Hall–Kier alpha value is -2.21. The van der Waals surface area contributed by atoms with E-state index < -0.39 is 10.1 Å². The van der Waals surface area contributed by atoms with Crippen LogP contribution < -0.4 is 13.7 Å². The Morgan fingerprint density at radius 1 is 0.913 bits per heavy atom. The van der Waals surface area contributed by atoms with E-state index in [0.717, 1.165) is 23.3 Å². The molecule has 2 aromatic carbocycles. The van der Waals surface area contributed by atoms with Crippen molar-refractivity contribution in [2.45, 2.75) is 13.3 Å². The lowest BCUT2D eigenvalue weighted by Crippen LogP contribution is -2.06. The Morgan fingerprint density at radius 2 is 1.57 bits per heavy atom. The standard InChI is InChI=1S/C17H20O5S/c1-3-20-16-5-4-6-17(13-16)21-12-11-14-7-9-15(10-8-14)22-23(2,18)19/h4-10,13H,3,11-12H2,1-2H3. The predicted octanol–water partition coefficient (Wildman–Crippen LogP) is 3.05. The van der Waals surface area contributed by atoms with Crippen LogP contribution in [0.25, 0.3) is 0 Å². The van der Waals surface area contributed by atoms with E-state index in [1.54, 1.807) is 12.1 Å². The Balaban J connectivity index is 1.85. The molecule has 0 radical (unpaired) electrons. The summed E-state index contributed by atoms with van der Waals surface area (Å²) in [5.74, 6) is 1.85. The molecule has 0 aliphatic heterocycles. The van der Waals surface area contributed by atoms with E-state index in [-0.39, 0.29) is 0 Å². The molecule has 0 aromatic heterocycles. The number of rotatable bonds is 8. The molecule has 0 N–H and O–H groups in total. The molecule has 0 saturated carbocycles. The van der Waals surface area contributed by atoms with Crippen LogP contribution in [0.4, 0.5) is 0 Å². The van der Waals surface area contributed by atoms with Crippen molar-refractivity contribution in [3.8, 4) is 17.2 Å². The summed E-state index contributed by atoms with van der Waals surface area (Å²) in [6.07, 6.45) is 1.73. The largest absolute Gasteiger partial charge is 0.494 e. The van der Waals surface area contributed by atoms with Gasteiger partial charge in [-0.25, -0.2) is 0 Å². The summed E-state index contributed by atoms with van der Waals surface area (Å²) >= 11 is 0. The van der Waals surface area contributed by atoms with E-state index in [4.69, 9.17) is 13.7 Å². The summed E-state index contributed by atoms with van der Waals surface area (Å²) in [4.78, 5) is 0. The van der Waals surface area contributed by atoms with Gasteiger partial charge in [-0.3, -0.25) is 0 Å². The van der Waals surface area contributed by atoms with Gasteiger partial charge in [0, 0.05) is 12.5 Å². The maximum Gasteiger partial charge on any atom is 0.306 e. The van der Waals surface area contributed by atoms with Crippen LogP contribution in [0.5, 0.6) is 17.2 Å². The summed E-state index contributed by atoms with van der Waals surface area (Å²) in [5.41, 5.74) is 1.03. The van der Waals surface area contributed by atoms with Crippen molar-refractivity contribution in [2.24, 2.45) is 0 Å². The lowest BCUT2D eigenvalue weighted by Gasteiger charge is -2.09. The molecule has 0 aliphatic carbocycles. The van der Waals surface area contributed by atoms with Crippen molar-refractivity contribution in [3.63, 3.8) is 0 Å². The van der Waals surface area contributed by atoms with Gasteiger partial charge in [0.25, 0.3) is 0 Å². The lowest BCUT2D eigenvalue weighted by atomic mass is 10.1. The molecule has 0 heterocycles. The molecule has 124 valence electrons. The summed E-state index contributed by atoms with van der Waals surface area (Å²) < 4.78 is 38.0. The van der Waals surface area contributed by atoms with Gasteiger partial charge in [0.2, 0.25) is 0 Å². The third-order valence-corrected chi connectivity index (χ3v) is 3.44. The molecule has 0 atom stereocenters. The van der Waals surface area contributed by atoms with Gasteiger partial charge < -0.3 is 13.7 Å². The van der Waals surface area contributed by atoms with Gasteiger partial charge in [0.05, 0.1) is 19.5 Å². The highest BCUT2D eigenvalue weighted by Crippen LogP contribution is 2.20. The minimum absolute atomic E-state index is 0.307. The van der Waals surface area contributed by atoms with Gasteiger partial charge >= 0.3 is 10.1 Å². The van der Waals surface area contributed by atoms with Crippen LogP contribution in [0.15, 0.2) is 48.5 Å². The average molecular weight is 336 g/mol. The third kappa shape index (κ3) is 6.20. The summed E-state index contributed by atoms with van der Waals surface area (Å²) in [6, 6.07) is 14.4. The molecule has 0 bridgehead atoms. The second kappa shape index (κ2) is 7.87. The fraction of sp³-hybridized carbons (Fsp3) is 0.294. The van der Waals surface area contributed by atoms with E-state index in [0.29, 0.717) is 25.4 Å². The maximum atomic E-state index is 11.0. The zero-order valence-corrected chi connectivity index (χ0v) is 14.0. The second-order valence-corrected chi connectivity index (χ2v) is 6.51. The molecule has 0 fully saturated rings. The molecule has 5 nitrogen and oxygen atoms in total. The first-order valence-corrected chi connectivity index (χ1v) is 9.12. The lowest BCUT2D eigenvalue weighted by molar-refractivity contribution is 0.312. The molecule has 0 spiro atoms. The Bertz CT molecular complexity index is 723. The molecule has 2 rings (SSSR count). The van der Waals surface area contributed by atoms with Crippen molar-refractivity contribution < 1.29 is 22.1 Å². The molecule has 2 aromatic rings. The fourth-order valence-electron chi connectivity index (χ4n) is 1.99. The van der Waals surface area contributed by atoms with Gasteiger partial charge in [0.15, 0.2) is 0 Å². The number of hydrogen-bond donors (Lipinski definition) is 0. The van der Waals surface area contributed by atoms with Gasteiger partial charge in [-0.2, -0.15) is 8.42 Å². The Kier molecular flexibility index (Phi) is 5.87. The minimum Gasteiger partial charge on any atom is -0.494 e. The van der Waals surface area contributed by atoms with E-state index in [2.05, 4.69) is 0 Å². The van der Waals surface area contributed by atoms with Crippen LogP contribution in [0.3, 0.4) is 0 Å². The molecule has 0 amide bonds. The summed E-state index contributed by atoms with van der Waals surface area (Å²) in [6.45, 7) is 3.07. The number of hydrogen-bond acceptors (Lipinski definition) is 5. The van der Waals surface area contributed by atoms with Crippen LogP contribution in [0.1, 0.15) is 12.5 Å². The molecule has 0 saturated heterocycles. The van der Waals surface area contributed by atoms with Crippen molar-refractivity contribution in [1.29, 1.82) is 0 Å². The van der Waals surface area contributed by atoms with E-state index in [9.17, 15) is 8.42 Å². The van der Waals surface area contributed by atoms with Crippen LogP contribution in [0, 0.1) is 0 Å². The monoisotopic (exact) mass is 336 g/mol. The normalized spacial score (nSPS) is 11.0. The van der Waals surface area contributed by atoms with Crippen LogP contribution >= 0.6 is 0 Å².